The quantitative estimate of drug-likeness (QED) is 0.353. The number of piperidine rings is 1. The van der Waals surface area contributed by atoms with Crippen LogP contribution in [0.2, 0.25) is 0 Å². The summed E-state index contributed by atoms with van der Waals surface area (Å²) in [4.78, 5) is 26.1. The van der Waals surface area contributed by atoms with E-state index in [1.165, 1.54) is 30.7 Å². The second kappa shape index (κ2) is 9.03. The van der Waals surface area contributed by atoms with Gasteiger partial charge in [0.1, 0.15) is 5.56 Å². The Kier molecular flexibility index (Phi) is 7.05. The molecule has 0 bridgehead atoms. The molecule has 0 spiro atoms. The van der Waals surface area contributed by atoms with Crippen LogP contribution in [-0.2, 0) is 0 Å². The van der Waals surface area contributed by atoms with Gasteiger partial charge in [-0.2, -0.15) is 0 Å². The van der Waals surface area contributed by atoms with Crippen LogP contribution in [0.15, 0.2) is 23.1 Å². The number of hydrogen-bond acceptors (Lipinski definition) is 5. The molecule has 7 heteroatoms. The zero-order chi connectivity index (χ0) is 17.5. The van der Waals surface area contributed by atoms with E-state index in [0.29, 0.717) is 6.54 Å². The predicted octanol–water partition coefficient (Wildman–Crippen LogP) is 3.17. The van der Waals surface area contributed by atoms with Gasteiger partial charge in [0.05, 0.1) is 4.92 Å². The van der Waals surface area contributed by atoms with E-state index in [9.17, 15) is 14.9 Å². The van der Waals surface area contributed by atoms with Crippen molar-refractivity contribution in [2.45, 2.75) is 31.1 Å². The number of likely N-dealkylation sites (tertiary alicyclic amines) is 1. The van der Waals surface area contributed by atoms with Crippen molar-refractivity contribution in [2.24, 2.45) is 5.92 Å². The van der Waals surface area contributed by atoms with E-state index in [0.717, 1.165) is 36.9 Å². The summed E-state index contributed by atoms with van der Waals surface area (Å²) in [6.45, 7) is 6.02. The van der Waals surface area contributed by atoms with E-state index in [2.05, 4.69) is 17.1 Å². The lowest BCUT2D eigenvalue weighted by atomic mass is 9.99. The maximum atomic E-state index is 12.3. The lowest BCUT2D eigenvalue weighted by Gasteiger charge is -2.30. The zero-order valence-electron chi connectivity index (χ0n) is 14.3. The molecular formula is C17H25N3O3S. The molecule has 0 atom stereocenters. The Morgan fingerprint density at radius 3 is 2.75 bits per heavy atom. The minimum atomic E-state index is -0.506. The van der Waals surface area contributed by atoms with Crippen LogP contribution in [0.1, 0.15) is 36.5 Å². The third-order valence-electron chi connectivity index (χ3n) is 4.46. The molecule has 1 aliphatic heterocycles. The van der Waals surface area contributed by atoms with Gasteiger partial charge in [-0.1, -0.05) is 6.92 Å². The van der Waals surface area contributed by atoms with Gasteiger partial charge in [0.2, 0.25) is 0 Å². The number of nitrogens with one attached hydrogen (secondary N) is 1. The molecule has 1 aliphatic rings. The molecule has 132 valence electrons. The van der Waals surface area contributed by atoms with Gasteiger partial charge in [0, 0.05) is 17.5 Å². The number of thioether (sulfide) groups is 1. The third-order valence-corrected chi connectivity index (χ3v) is 5.18. The van der Waals surface area contributed by atoms with Crippen molar-refractivity contribution in [1.82, 2.24) is 10.2 Å². The maximum absolute atomic E-state index is 12.3. The van der Waals surface area contributed by atoms with E-state index in [1.807, 2.05) is 6.26 Å². The van der Waals surface area contributed by atoms with Crippen LogP contribution >= 0.6 is 11.8 Å². The van der Waals surface area contributed by atoms with Crippen LogP contribution in [0.4, 0.5) is 5.69 Å². The van der Waals surface area contributed by atoms with Gasteiger partial charge >= 0.3 is 0 Å². The first kappa shape index (κ1) is 18.7. The molecule has 0 saturated carbocycles. The van der Waals surface area contributed by atoms with Gasteiger partial charge in [-0.15, -0.1) is 11.8 Å². The number of hydrogen-bond donors (Lipinski definition) is 1. The second-order valence-corrected chi connectivity index (χ2v) is 7.15. The highest BCUT2D eigenvalue weighted by molar-refractivity contribution is 7.98. The van der Waals surface area contributed by atoms with Gasteiger partial charge in [-0.25, -0.2) is 0 Å². The van der Waals surface area contributed by atoms with E-state index in [-0.39, 0.29) is 17.2 Å². The highest BCUT2D eigenvalue weighted by Gasteiger charge is 2.20. The Hall–Kier alpha value is -1.60. The van der Waals surface area contributed by atoms with Crippen LogP contribution < -0.4 is 5.32 Å². The van der Waals surface area contributed by atoms with Crippen molar-refractivity contribution in [3.05, 3.63) is 33.9 Å². The molecule has 6 nitrogen and oxygen atoms in total. The number of benzene rings is 1. The van der Waals surface area contributed by atoms with Crippen molar-refractivity contribution < 1.29 is 9.72 Å². The van der Waals surface area contributed by atoms with Gasteiger partial charge < -0.3 is 10.2 Å². The van der Waals surface area contributed by atoms with Crippen molar-refractivity contribution >= 4 is 23.4 Å². The summed E-state index contributed by atoms with van der Waals surface area (Å²) in [5, 5.41) is 13.9. The van der Waals surface area contributed by atoms with Crippen LogP contribution in [0.25, 0.3) is 0 Å². The summed E-state index contributed by atoms with van der Waals surface area (Å²) in [5.74, 6) is 0.440. The van der Waals surface area contributed by atoms with Crippen molar-refractivity contribution in [1.29, 1.82) is 0 Å². The first-order valence-corrected chi connectivity index (χ1v) is 9.56. The Morgan fingerprint density at radius 1 is 1.42 bits per heavy atom. The summed E-state index contributed by atoms with van der Waals surface area (Å²) in [6, 6.07) is 4.65. The van der Waals surface area contributed by atoms with Crippen LogP contribution in [0.3, 0.4) is 0 Å². The molecular weight excluding hydrogens is 326 g/mol. The lowest BCUT2D eigenvalue weighted by Crippen LogP contribution is -2.35. The fraction of sp³-hybridized carbons (Fsp3) is 0.588. The zero-order valence-corrected chi connectivity index (χ0v) is 15.1. The normalized spacial score (nSPS) is 16.1. The standard InChI is InChI=1S/C17H25N3O3S/c1-13-6-10-19(11-7-13)9-3-8-18-17(21)15-12-14(24-2)4-5-16(15)20(22)23/h4-5,12-13H,3,6-11H2,1-2H3,(H,18,21). The monoisotopic (exact) mass is 351 g/mol. The lowest BCUT2D eigenvalue weighted by molar-refractivity contribution is -0.385. The number of carbonyl (C=O) groups excluding carboxylic acids is 1. The number of nitro groups is 1. The van der Waals surface area contributed by atoms with Crippen LogP contribution in [0, 0.1) is 16.0 Å². The van der Waals surface area contributed by atoms with Gasteiger partial charge in [-0.3, -0.25) is 14.9 Å². The fourth-order valence-electron chi connectivity index (χ4n) is 2.87. The first-order valence-electron chi connectivity index (χ1n) is 8.34. The number of carbonyl (C=O) groups is 1. The Morgan fingerprint density at radius 2 is 2.12 bits per heavy atom. The summed E-state index contributed by atoms with van der Waals surface area (Å²) in [7, 11) is 0. The molecule has 24 heavy (non-hydrogen) atoms. The summed E-state index contributed by atoms with van der Waals surface area (Å²) in [6.07, 6.45) is 5.21. The summed E-state index contributed by atoms with van der Waals surface area (Å²) in [5.41, 5.74) is -0.00559. The van der Waals surface area contributed by atoms with Crippen molar-refractivity contribution in [3.63, 3.8) is 0 Å². The Labute approximate surface area is 147 Å². The largest absolute Gasteiger partial charge is 0.352 e. The summed E-state index contributed by atoms with van der Waals surface area (Å²) >= 11 is 1.46. The molecule has 1 aromatic rings. The smallest absolute Gasteiger partial charge is 0.282 e. The highest BCUT2D eigenvalue weighted by Crippen LogP contribution is 2.24. The SMILES string of the molecule is CSc1ccc([N+](=O)[O-])c(C(=O)NCCCN2CCC(C)CC2)c1. The molecule has 0 aromatic heterocycles. The minimum Gasteiger partial charge on any atom is -0.352 e. The molecule has 1 amide bonds. The number of rotatable bonds is 7. The molecule has 0 aliphatic carbocycles. The van der Waals surface area contributed by atoms with Crippen molar-refractivity contribution in [3.8, 4) is 0 Å². The number of nitro benzene ring substituents is 1. The van der Waals surface area contributed by atoms with Crippen LogP contribution in [-0.4, -0.2) is 48.2 Å². The molecule has 1 fully saturated rings. The van der Waals surface area contributed by atoms with Gasteiger partial charge in [0.15, 0.2) is 0 Å². The average Bonchev–Trinajstić information content (AvgIpc) is 2.59. The maximum Gasteiger partial charge on any atom is 0.282 e. The molecule has 2 rings (SSSR count). The van der Waals surface area contributed by atoms with E-state index >= 15 is 0 Å². The number of nitrogens with zero attached hydrogens (tertiary/aromatic N) is 2. The molecule has 1 N–H and O–H groups in total. The molecule has 0 unspecified atom stereocenters. The Balaban J connectivity index is 1.85. The third kappa shape index (κ3) is 5.21. The second-order valence-electron chi connectivity index (χ2n) is 6.27. The Bertz CT molecular complexity index is 586. The summed E-state index contributed by atoms with van der Waals surface area (Å²) < 4.78 is 0. The molecule has 1 saturated heterocycles. The van der Waals surface area contributed by atoms with Gasteiger partial charge in [0.25, 0.3) is 11.6 Å². The highest BCUT2D eigenvalue weighted by atomic mass is 32.2. The van der Waals surface area contributed by atoms with E-state index in [4.69, 9.17) is 0 Å². The minimum absolute atomic E-state index is 0.138. The molecule has 1 heterocycles. The molecule has 1 aromatic carbocycles. The van der Waals surface area contributed by atoms with E-state index < -0.39 is 4.92 Å². The molecule has 0 radical (unpaired) electrons. The number of amides is 1. The average molecular weight is 351 g/mol. The topological polar surface area (TPSA) is 75.5 Å². The van der Waals surface area contributed by atoms with E-state index in [1.54, 1.807) is 12.1 Å². The van der Waals surface area contributed by atoms with Crippen molar-refractivity contribution in [2.75, 3.05) is 32.4 Å². The van der Waals surface area contributed by atoms with Gasteiger partial charge in [-0.05, 0) is 63.2 Å². The predicted molar refractivity (Wildman–Crippen MR) is 96.7 cm³/mol. The fourth-order valence-corrected chi connectivity index (χ4v) is 3.31. The van der Waals surface area contributed by atoms with Crippen LogP contribution in [0.5, 0.6) is 0 Å². The first-order chi connectivity index (χ1) is 11.5.